The Balaban J connectivity index is 2.60. The van der Waals surface area contributed by atoms with Crippen molar-refractivity contribution in [2.45, 2.75) is 0 Å². The zero-order valence-corrected chi connectivity index (χ0v) is 10.0. The second kappa shape index (κ2) is 5.06. The average Bonchev–Trinajstić information content (AvgIpc) is 2.36. The molecule has 0 saturated carbocycles. The first-order valence-corrected chi connectivity index (χ1v) is 5.53. The van der Waals surface area contributed by atoms with E-state index in [9.17, 15) is 4.39 Å². The highest BCUT2D eigenvalue weighted by Gasteiger charge is 2.15. The van der Waals surface area contributed by atoms with Gasteiger partial charge in [0.2, 0.25) is 0 Å². The molecule has 2 rings (SSSR count). The van der Waals surface area contributed by atoms with Gasteiger partial charge in [-0.1, -0.05) is 28.9 Å². The number of hydrogen-bond acceptors (Lipinski definition) is 3. The number of anilines is 1. The van der Waals surface area contributed by atoms with Crippen LogP contribution in [0.2, 0.25) is 5.02 Å². The Labute approximate surface area is 108 Å². The van der Waals surface area contributed by atoms with E-state index in [4.69, 9.17) is 22.5 Å². The van der Waals surface area contributed by atoms with Crippen LogP contribution in [0, 0.1) is 5.82 Å². The Bertz CT molecular complexity index is 614. The third-order valence-corrected chi connectivity index (χ3v) is 2.73. The zero-order chi connectivity index (χ0) is 13.1. The largest absolute Gasteiger partial charge is 0.410 e. The zero-order valence-electron chi connectivity index (χ0n) is 9.27. The van der Waals surface area contributed by atoms with Gasteiger partial charge in [0.1, 0.15) is 11.5 Å². The molecule has 0 atom stereocenters. The molecule has 2 aromatic carbocycles. The lowest BCUT2D eigenvalue weighted by Gasteiger charge is -2.09. The minimum atomic E-state index is -0.496. The molecule has 0 aliphatic heterocycles. The molecule has 0 bridgehead atoms. The molecule has 0 spiro atoms. The van der Waals surface area contributed by atoms with Gasteiger partial charge in [-0.2, -0.15) is 0 Å². The highest BCUT2D eigenvalue weighted by molar-refractivity contribution is 6.31. The Kier molecular flexibility index (Phi) is 3.48. The second-order valence-electron chi connectivity index (χ2n) is 3.66. The van der Waals surface area contributed by atoms with Crippen LogP contribution in [-0.2, 0) is 0 Å². The molecule has 0 fully saturated rings. The second-order valence-corrected chi connectivity index (χ2v) is 4.10. The first-order valence-electron chi connectivity index (χ1n) is 5.16. The van der Waals surface area contributed by atoms with Crippen LogP contribution in [0.5, 0.6) is 0 Å². The molecule has 0 aliphatic carbocycles. The van der Waals surface area contributed by atoms with Crippen molar-refractivity contribution in [3.8, 4) is 0 Å². The van der Waals surface area contributed by atoms with Crippen LogP contribution < -0.4 is 5.73 Å². The topological polar surface area (TPSA) is 58.6 Å². The molecule has 92 valence electrons. The average molecular weight is 265 g/mol. The third kappa shape index (κ3) is 2.28. The van der Waals surface area contributed by atoms with E-state index < -0.39 is 5.82 Å². The monoisotopic (exact) mass is 264 g/mol. The number of benzene rings is 2. The van der Waals surface area contributed by atoms with Gasteiger partial charge in [-0.3, -0.25) is 0 Å². The van der Waals surface area contributed by atoms with Gasteiger partial charge in [0.25, 0.3) is 0 Å². The van der Waals surface area contributed by atoms with Gasteiger partial charge in [-0.15, -0.1) is 0 Å². The van der Waals surface area contributed by atoms with Gasteiger partial charge in [0.05, 0.1) is 0 Å². The molecule has 0 aliphatic rings. The summed E-state index contributed by atoms with van der Waals surface area (Å²) in [6.45, 7) is 0. The van der Waals surface area contributed by atoms with Crippen molar-refractivity contribution in [2.24, 2.45) is 5.16 Å². The van der Waals surface area contributed by atoms with Crippen LogP contribution in [0.15, 0.2) is 47.6 Å². The maximum absolute atomic E-state index is 13.7. The van der Waals surface area contributed by atoms with Gasteiger partial charge >= 0.3 is 0 Å². The maximum atomic E-state index is 13.7. The van der Waals surface area contributed by atoms with Crippen LogP contribution >= 0.6 is 11.6 Å². The molecule has 18 heavy (non-hydrogen) atoms. The molecule has 0 aromatic heterocycles. The predicted molar refractivity (Wildman–Crippen MR) is 69.7 cm³/mol. The summed E-state index contributed by atoms with van der Waals surface area (Å²) in [4.78, 5) is 0. The van der Waals surface area contributed by atoms with Gasteiger partial charge in [-0.05, 0) is 30.3 Å². The number of nitrogens with two attached hydrogens (primary N) is 1. The van der Waals surface area contributed by atoms with E-state index in [2.05, 4.69) is 5.16 Å². The van der Waals surface area contributed by atoms with Crippen LogP contribution in [0.3, 0.4) is 0 Å². The molecule has 3 N–H and O–H groups in total. The molecule has 0 radical (unpaired) electrons. The van der Waals surface area contributed by atoms with Gasteiger partial charge in [-0.25, -0.2) is 4.39 Å². The lowest BCUT2D eigenvalue weighted by molar-refractivity contribution is 0.319. The fourth-order valence-electron chi connectivity index (χ4n) is 1.64. The fraction of sp³-hybridized carbons (Fsp3) is 0. The maximum Gasteiger partial charge on any atom is 0.132 e. The minimum Gasteiger partial charge on any atom is -0.410 e. The molecule has 5 heteroatoms. The molecular weight excluding hydrogens is 255 g/mol. The van der Waals surface area contributed by atoms with Gasteiger partial charge in [0.15, 0.2) is 0 Å². The summed E-state index contributed by atoms with van der Waals surface area (Å²) in [5, 5.41) is 12.7. The van der Waals surface area contributed by atoms with Crippen LogP contribution in [0.4, 0.5) is 10.1 Å². The van der Waals surface area contributed by atoms with Gasteiger partial charge in [0, 0.05) is 21.8 Å². The third-order valence-electron chi connectivity index (χ3n) is 2.50. The summed E-state index contributed by atoms with van der Waals surface area (Å²) >= 11 is 5.86. The van der Waals surface area contributed by atoms with Crippen molar-refractivity contribution in [3.05, 3.63) is 64.4 Å². The standard InChI is InChI=1S/C13H10ClFN2O/c14-8-5-6-12(16)10(7-8)13(17-18)9-3-1-2-4-11(9)15/h1-7,18H,16H2. The van der Waals surface area contributed by atoms with Crippen molar-refractivity contribution in [2.75, 3.05) is 5.73 Å². The summed E-state index contributed by atoms with van der Waals surface area (Å²) in [5.41, 5.74) is 6.73. The molecule has 0 saturated heterocycles. The molecule has 0 heterocycles. The van der Waals surface area contributed by atoms with Crippen molar-refractivity contribution in [3.63, 3.8) is 0 Å². The first kappa shape index (κ1) is 12.4. The Morgan fingerprint density at radius 1 is 1.17 bits per heavy atom. The predicted octanol–water partition coefficient (Wildman–Crippen LogP) is 3.29. The van der Waals surface area contributed by atoms with Gasteiger partial charge < -0.3 is 10.9 Å². The van der Waals surface area contributed by atoms with E-state index in [1.54, 1.807) is 24.3 Å². The number of nitrogens with zero attached hydrogens (tertiary/aromatic N) is 1. The fourth-order valence-corrected chi connectivity index (χ4v) is 1.81. The lowest BCUT2D eigenvalue weighted by atomic mass is 10.0. The van der Waals surface area contributed by atoms with E-state index in [0.29, 0.717) is 16.3 Å². The quantitative estimate of drug-likeness (QED) is 0.378. The Hall–Kier alpha value is -2.07. The molecular formula is C13H10ClFN2O. The minimum absolute atomic E-state index is 0.0492. The highest BCUT2D eigenvalue weighted by Crippen LogP contribution is 2.22. The van der Waals surface area contributed by atoms with Crippen molar-refractivity contribution in [1.29, 1.82) is 0 Å². The molecule has 2 aromatic rings. The molecule has 0 unspecified atom stereocenters. The van der Waals surface area contributed by atoms with E-state index >= 15 is 0 Å². The summed E-state index contributed by atoms with van der Waals surface area (Å²) in [6, 6.07) is 10.7. The summed E-state index contributed by atoms with van der Waals surface area (Å²) in [5.74, 6) is -0.496. The smallest absolute Gasteiger partial charge is 0.132 e. The van der Waals surface area contributed by atoms with E-state index in [1.165, 1.54) is 18.2 Å². The van der Waals surface area contributed by atoms with Crippen molar-refractivity contribution in [1.82, 2.24) is 0 Å². The summed E-state index contributed by atoms with van der Waals surface area (Å²) in [6.07, 6.45) is 0. The SMILES string of the molecule is Nc1ccc(Cl)cc1C(=NO)c1ccccc1F. The van der Waals surface area contributed by atoms with E-state index in [-0.39, 0.29) is 11.3 Å². The first-order chi connectivity index (χ1) is 8.63. The number of hydrogen-bond donors (Lipinski definition) is 2. The lowest BCUT2D eigenvalue weighted by Crippen LogP contribution is -2.09. The van der Waals surface area contributed by atoms with E-state index in [0.717, 1.165) is 0 Å². The van der Waals surface area contributed by atoms with Crippen molar-refractivity contribution >= 4 is 23.0 Å². The van der Waals surface area contributed by atoms with E-state index in [1.807, 2.05) is 0 Å². The summed E-state index contributed by atoms with van der Waals surface area (Å²) in [7, 11) is 0. The number of nitrogen functional groups attached to an aromatic ring is 1. The van der Waals surface area contributed by atoms with Crippen LogP contribution in [0.1, 0.15) is 11.1 Å². The number of rotatable bonds is 2. The molecule has 3 nitrogen and oxygen atoms in total. The van der Waals surface area contributed by atoms with Crippen molar-refractivity contribution < 1.29 is 9.60 Å². The highest BCUT2D eigenvalue weighted by atomic mass is 35.5. The summed E-state index contributed by atoms with van der Waals surface area (Å²) < 4.78 is 13.7. The molecule has 0 amide bonds. The Morgan fingerprint density at radius 2 is 1.89 bits per heavy atom. The van der Waals surface area contributed by atoms with Crippen LogP contribution in [0.25, 0.3) is 0 Å². The Morgan fingerprint density at radius 3 is 2.56 bits per heavy atom. The number of halogens is 2. The number of oxime groups is 1. The normalized spacial score (nSPS) is 11.6. The van der Waals surface area contributed by atoms with Crippen LogP contribution in [-0.4, -0.2) is 10.9 Å².